The van der Waals surface area contributed by atoms with E-state index in [-0.39, 0.29) is 36.1 Å². The van der Waals surface area contributed by atoms with E-state index in [0.29, 0.717) is 38.7 Å². The van der Waals surface area contributed by atoms with Gasteiger partial charge in [-0.25, -0.2) is 4.79 Å². The third kappa shape index (κ3) is 7.82. The highest BCUT2D eigenvalue weighted by Crippen LogP contribution is 2.23. The summed E-state index contributed by atoms with van der Waals surface area (Å²) in [6.07, 6.45) is -0.279. The summed E-state index contributed by atoms with van der Waals surface area (Å²) in [7, 11) is 5.71. The van der Waals surface area contributed by atoms with Crippen molar-refractivity contribution < 1.29 is 14.3 Å². The number of hydrogen-bond acceptors (Lipinski definition) is 5. The molecule has 1 atom stereocenters. The highest BCUT2D eigenvalue weighted by atomic mass is 127. The number of benzene rings is 1. The number of rotatable bonds is 5. The molecule has 1 fully saturated rings. The van der Waals surface area contributed by atoms with Crippen LogP contribution in [-0.2, 0) is 4.74 Å². The van der Waals surface area contributed by atoms with E-state index in [4.69, 9.17) is 15.2 Å². The number of likely N-dealkylation sites (N-methyl/N-ethyl adjacent to an activating group) is 1. The van der Waals surface area contributed by atoms with Crippen molar-refractivity contribution in [1.82, 2.24) is 14.7 Å². The fourth-order valence-electron chi connectivity index (χ4n) is 3.14. The maximum absolute atomic E-state index is 12.2. The number of carbonyl (C=O) groups excluding carboxylic acids is 1. The molecule has 0 aliphatic carbocycles. The number of nitrogens with two attached hydrogens (primary N) is 1. The molecule has 1 aromatic rings. The third-order valence-electron chi connectivity index (χ3n) is 4.78. The van der Waals surface area contributed by atoms with Crippen LogP contribution in [0.1, 0.15) is 32.4 Å². The highest BCUT2D eigenvalue weighted by Gasteiger charge is 2.26. The molecule has 0 saturated carbocycles. The van der Waals surface area contributed by atoms with Crippen molar-refractivity contribution in [2.45, 2.75) is 32.4 Å². The second-order valence-corrected chi connectivity index (χ2v) is 8.41. The van der Waals surface area contributed by atoms with Crippen molar-refractivity contribution in [2.75, 3.05) is 53.9 Å². The number of carbonyl (C=O) groups is 1. The summed E-state index contributed by atoms with van der Waals surface area (Å²) < 4.78 is 10.8. The van der Waals surface area contributed by atoms with Crippen LogP contribution in [0, 0.1) is 0 Å². The van der Waals surface area contributed by atoms with E-state index in [1.807, 2.05) is 58.0 Å². The Labute approximate surface area is 197 Å². The molecule has 1 aliphatic rings. The summed E-state index contributed by atoms with van der Waals surface area (Å²) in [4.78, 5) is 22.7. The maximum atomic E-state index is 12.2. The fraction of sp³-hybridized carbons (Fsp3) is 0.619. The van der Waals surface area contributed by atoms with E-state index in [0.717, 1.165) is 11.3 Å². The Morgan fingerprint density at radius 3 is 2.33 bits per heavy atom. The lowest BCUT2D eigenvalue weighted by Crippen LogP contribution is -2.53. The van der Waals surface area contributed by atoms with Crippen LogP contribution in [0.25, 0.3) is 0 Å². The lowest BCUT2D eigenvalue weighted by Gasteiger charge is -2.36. The van der Waals surface area contributed by atoms with E-state index in [2.05, 4.69) is 16.0 Å². The number of aliphatic imine (C=N–C) groups is 1. The summed E-state index contributed by atoms with van der Waals surface area (Å²) in [6, 6.07) is 8.09. The average Bonchev–Trinajstić information content (AvgIpc) is 2.66. The van der Waals surface area contributed by atoms with Crippen LogP contribution in [0.3, 0.4) is 0 Å². The Balaban J connectivity index is 0.00000450. The lowest BCUT2D eigenvalue weighted by atomic mass is 10.1. The maximum Gasteiger partial charge on any atom is 0.410 e. The average molecular weight is 533 g/mol. The molecule has 1 unspecified atom stereocenters. The molecule has 0 radical (unpaired) electrons. The monoisotopic (exact) mass is 533 g/mol. The molecule has 2 N–H and O–H groups in total. The quantitative estimate of drug-likeness (QED) is 0.356. The van der Waals surface area contributed by atoms with Crippen molar-refractivity contribution in [3.63, 3.8) is 0 Å². The number of methoxy groups -OCH3 is 1. The molecular formula is C21H36IN5O3. The normalized spacial score (nSPS) is 16.2. The Bertz CT molecular complexity index is 713. The van der Waals surface area contributed by atoms with E-state index in [9.17, 15) is 4.79 Å². The molecule has 0 spiro atoms. The minimum Gasteiger partial charge on any atom is -0.497 e. The van der Waals surface area contributed by atoms with Gasteiger partial charge >= 0.3 is 6.09 Å². The van der Waals surface area contributed by atoms with E-state index in [1.165, 1.54) is 0 Å². The number of guanidine groups is 1. The number of halogens is 1. The Morgan fingerprint density at radius 1 is 1.20 bits per heavy atom. The van der Waals surface area contributed by atoms with Gasteiger partial charge in [0.1, 0.15) is 11.4 Å². The zero-order valence-corrected chi connectivity index (χ0v) is 21.3. The number of ether oxygens (including phenoxy) is 2. The first-order valence-corrected chi connectivity index (χ1v) is 9.94. The van der Waals surface area contributed by atoms with Gasteiger partial charge in [0.05, 0.1) is 19.7 Å². The van der Waals surface area contributed by atoms with Crippen LogP contribution < -0.4 is 10.5 Å². The van der Waals surface area contributed by atoms with Crippen LogP contribution in [-0.4, -0.2) is 86.3 Å². The summed E-state index contributed by atoms with van der Waals surface area (Å²) in [6.45, 7) is 8.56. The van der Waals surface area contributed by atoms with Crippen molar-refractivity contribution >= 4 is 36.0 Å². The summed E-state index contributed by atoms with van der Waals surface area (Å²) >= 11 is 0. The lowest BCUT2D eigenvalue weighted by molar-refractivity contribution is 0.0186. The number of nitrogens with zero attached hydrogens (tertiary/aromatic N) is 4. The van der Waals surface area contributed by atoms with E-state index < -0.39 is 5.60 Å². The molecule has 30 heavy (non-hydrogen) atoms. The summed E-state index contributed by atoms with van der Waals surface area (Å²) in [5.41, 5.74) is 6.89. The Morgan fingerprint density at radius 2 is 1.80 bits per heavy atom. The van der Waals surface area contributed by atoms with Crippen LogP contribution >= 0.6 is 24.0 Å². The van der Waals surface area contributed by atoms with Gasteiger partial charge < -0.3 is 29.9 Å². The minimum atomic E-state index is -0.490. The Hall–Kier alpha value is -1.75. The van der Waals surface area contributed by atoms with Gasteiger partial charge in [0.25, 0.3) is 0 Å². The second kappa shape index (κ2) is 11.6. The fourth-order valence-corrected chi connectivity index (χ4v) is 3.14. The van der Waals surface area contributed by atoms with Gasteiger partial charge in [-0.1, -0.05) is 12.1 Å². The first-order valence-electron chi connectivity index (χ1n) is 9.94. The first-order chi connectivity index (χ1) is 13.6. The molecule has 170 valence electrons. The first kappa shape index (κ1) is 26.3. The predicted molar refractivity (Wildman–Crippen MR) is 131 cm³/mol. The van der Waals surface area contributed by atoms with Crippen LogP contribution in [0.15, 0.2) is 29.3 Å². The molecule has 0 bridgehead atoms. The van der Waals surface area contributed by atoms with Crippen LogP contribution in [0.2, 0.25) is 0 Å². The smallest absolute Gasteiger partial charge is 0.410 e. The predicted octanol–water partition coefficient (Wildman–Crippen LogP) is 2.78. The molecule has 2 rings (SSSR count). The number of hydrogen-bond donors (Lipinski definition) is 1. The SMILES string of the molecule is COc1cccc(C(CN=C(N)N2CCN(C(=O)OC(C)(C)C)CC2)N(C)C)c1.I. The van der Waals surface area contributed by atoms with Crippen LogP contribution in [0.5, 0.6) is 5.75 Å². The van der Waals surface area contributed by atoms with Crippen molar-refractivity contribution in [1.29, 1.82) is 0 Å². The second-order valence-electron chi connectivity index (χ2n) is 8.41. The largest absolute Gasteiger partial charge is 0.497 e. The van der Waals surface area contributed by atoms with Gasteiger partial charge in [-0.15, -0.1) is 24.0 Å². The highest BCUT2D eigenvalue weighted by molar-refractivity contribution is 14.0. The molecular weight excluding hydrogens is 497 g/mol. The van der Waals surface area contributed by atoms with Crippen molar-refractivity contribution in [3.8, 4) is 5.75 Å². The van der Waals surface area contributed by atoms with Crippen LogP contribution in [0.4, 0.5) is 4.79 Å². The standard InChI is InChI=1S/C21H35N5O3.HI/c1-21(2,3)29-20(27)26-12-10-25(11-13-26)19(22)23-15-18(24(4)5)16-8-7-9-17(14-16)28-6;/h7-9,14,18H,10-13,15H2,1-6H3,(H2,22,23);1H. The zero-order chi connectivity index (χ0) is 21.6. The van der Waals surface area contributed by atoms with Crippen molar-refractivity contribution in [3.05, 3.63) is 29.8 Å². The molecule has 0 aromatic heterocycles. The molecule has 1 aromatic carbocycles. The number of amides is 1. The topological polar surface area (TPSA) is 83.6 Å². The Kier molecular flexibility index (Phi) is 10.2. The number of piperazine rings is 1. The minimum absolute atomic E-state index is 0. The van der Waals surface area contributed by atoms with Gasteiger partial charge in [0.15, 0.2) is 5.96 Å². The molecule has 8 nitrogen and oxygen atoms in total. The molecule has 1 saturated heterocycles. The van der Waals surface area contributed by atoms with E-state index >= 15 is 0 Å². The third-order valence-corrected chi connectivity index (χ3v) is 4.78. The molecule has 9 heteroatoms. The van der Waals surface area contributed by atoms with E-state index in [1.54, 1.807) is 12.0 Å². The van der Waals surface area contributed by atoms with Gasteiger partial charge in [-0.05, 0) is 52.6 Å². The zero-order valence-electron chi connectivity index (χ0n) is 18.9. The summed E-state index contributed by atoms with van der Waals surface area (Å²) in [5.74, 6) is 1.33. The van der Waals surface area contributed by atoms with Crippen molar-refractivity contribution in [2.24, 2.45) is 10.7 Å². The van der Waals surface area contributed by atoms with Gasteiger partial charge in [-0.2, -0.15) is 0 Å². The molecule has 1 heterocycles. The molecule has 1 amide bonds. The summed E-state index contributed by atoms with van der Waals surface area (Å²) in [5, 5.41) is 0. The van der Waals surface area contributed by atoms with Gasteiger partial charge in [0, 0.05) is 26.2 Å². The van der Waals surface area contributed by atoms with Gasteiger partial charge in [0.2, 0.25) is 0 Å². The molecule has 1 aliphatic heterocycles. The van der Waals surface area contributed by atoms with Gasteiger partial charge in [-0.3, -0.25) is 4.99 Å².